The molecular weight excluding hydrogens is 388 g/mol. The quantitative estimate of drug-likeness (QED) is 0.234. The third-order valence-electron chi connectivity index (χ3n) is 4.73. The van der Waals surface area contributed by atoms with Crippen LogP contribution in [0.5, 0.6) is 0 Å². The SMILES string of the molecule is Cc1ccc(C#Cc2c(C)cc(C#Cc3c(F)c(F)c(C)c(F)c3F)cc2C)cc1. The van der Waals surface area contributed by atoms with Gasteiger partial charge in [0.1, 0.15) is 5.56 Å². The van der Waals surface area contributed by atoms with Gasteiger partial charge in [0.05, 0.1) is 0 Å². The Morgan fingerprint density at radius 1 is 0.533 bits per heavy atom. The highest BCUT2D eigenvalue weighted by Gasteiger charge is 2.21. The van der Waals surface area contributed by atoms with E-state index in [9.17, 15) is 17.6 Å². The van der Waals surface area contributed by atoms with E-state index >= 15 is 0 Å². The first kappa shape index (κ1) is 21.2. The Kier molecular flexibility index (Phi) is 5.99. The molecule has 0 atom stereocenters. The maximum Gasteiger partial charge on any atom is 0.177 e. The summed E-state index contributed by atoms with van der Waals surface area (Å²) in [5.74, 6) is 5.21. The molecule has 0 unspecified atom stereocenters. The van der Waals surface area contributed by atoms with Crippen LogP contribution in [-0.2, 0) is 0 Å². The summed E-state index contributed by atoms with van der Waals surface area (Å²) in [6, 6.07) is 11.3. The first-order valence-electron chi connectivity index (χ1n) is 9.23. The van der Waals surface area contributed by atoms with E-state index in [1.807, 2.05) is 45.0 Å². The lowest BCUT2D eigenvalue weighted by Crippen LogP contribution is -2.03. The number of aryl methyl sites for hydroxylation is 3. The van der Waals surface area contributed by atoms with Gasteiger partial charge in [-0.2, -0.15) is 0 Å². The molecule has 0 N–H and O–H groups in total. The van der Waals surface area contributed by atoms with Crippen molar-refractivity contribution in [2.24, 2.45) is 0 Å². The molecule has 0 aromatic heterocycles. The molecule has 0 amide bonds. The third kappa shape index (κ3) is 4.24. The molecule has 0 spiro atoms. The molecule has 0 aliphatic carbocycles. The molecule has 0 saturated heterocycles. The predicted octanol–water partition coefficient (Wildman–Crippen LogP) is 6.28. The average molecular weight is 406 g/mol. The highest BCUT2D eigenvalue weighted by Crippen LogP contribution is 2.23. The lowest BCUT2D eigenvalue weighted by Gasteiger charge is -2.06. The van der Waals surface area contributed by atoms with E-state index in [2.05, 4.69) is 23.7 Å². The number of rotatable bonds is 0. The minimum Gasteiger partial charge on any atom is -0.203 e. The Bertz CT molecular complexity index is 1210. The fourth-order valence-electron chi connectivity index (χ4n) is 2.99. The fourth-order valence-corrected chi connectivity index (χ4v) is 2.99. The number of hydrogen-bond acceptors (Lipinski definition) is 0. The van der Waals surface area contributed by atoms with Gasteiger partial charge in [0.2, 0.25) is 0 Å². The van der Waals surface area contributed by atoms with Crippen molar-refractivity contribution in [3.8, 4) is 23.7 Å². The van der Waals surface area contributed by atoms with Crippen LogP contribution in [0.15, 0.2) is 36.4 Å². The van der Waals surface area contributed by atoms with Crippen LogP contribution in [0.1, 0.15) is 44.5 Å². The van der Waals surface area contributed by atoms with Crippen LogP contribution in [0.3, 0.4) is 0 Å². The smallest absolute Gasteiger partial charge is 0.177 e. The summed E-state index contributed by atoms with van der Waals surface area (Å²) in [5.41, 5.74) is 3.36. The van der Waals surface area contributed by atoms with Crippen LogP contribution in [0.4, 0.5) is 17.6 Å². The molecular formula is C26H18F4. The van der Waals surface area contributed by atoms with Crippen LogP contribution in [-0.4, -0.2) is 0 Å². The fraction of sp³-hybridized carbons (Fsp3) is 0.154. The van der Waals surface area contributed by atoms with Crippen LogP contribution >= 0.6 is 0 Å². The second kappa shape index (κ2) is 8.47. The van der Waals surface area contributed by atoms with Gasteiger partial charge in [0.15, 0.2) is 23.3 Å². The molecule has 150 valence electrons. The van der Waals surface area contributed by atoms with E-state index in [-0.39, 0.29) is 0 Å². The summed E-state index contributed by atoms with van der Waals surface area (Å²) in [7, 11) is 0. The zero-order valence-electron chi connectivity index (χ0n) is 17.0. The van der Waals surface area contributed by atoms with E-state index < -0.39 is 34.4 Å². The molecule has 4 heteroatoms. The molecule has 30 heavy (non-hydrogen) atoms. The van der Waals surface area contributed by atoms with Gasteiger partial charge >= 0.3 is 0 Å². The molecule has 0 heterocycles. The lowest BCUT2D eigenvalue weighted by molar-refractivity contribution is 0.442. The highest BCUT2D eigenvalue weighted by atomic mass is 19.2. The van der Waals surface area contributed by atoms with Crippen molar-refractivity contribution in [2.45, 2.75) is 27.7 Å². The largest absolute Gasteiger partial charge is 0.203 e. The van der Waals surface area contributed by atoms with Gasteiger partial charge in [0.25, 0.3) is 0 Å². The monoisotopic (exact) mass is 406 g/mol. The summed E-state index contributed by atoms with van der Waals surface area (Å²) < 4.78 is 55.5. The van der Waals surface area contributed by atoms with Gasteiger partial charge in [-0.05, 0) is 63.1 Å². The van der Waals surface area contributed by atoms with Gasteiger partial charge < -0.3 is 0 Å². The first-order valence-corrected chi connectivity index (χ1v) is 9.23. The topological polar surface area (TPSA) is 0 Å². The van der Waals surface area contributed by atoms with Crippen LogP contribution < -0.4 is 0 Å². The summed E-state index contributed by atoms with van der Waals surface area (Å²) in [5, 5.41) is 0. The Morgan fingerprint density at radius 3 is 1.53 bits per heavy atom. The van der Waals surface area contributed by atoms with Crippen LogP contribution in [0.2, 0.25) is 0 Å². The van der Waals surface area contributed by atoms with E-state index in [4.69, 9.17) is 0 Å². The van der Waals surface area contributed by atoms with Gasteiger partial charge in [0, 0.05) is 22.3 Å². The van der Waals surface area contributed by atoms with Crippen molar-refractivity contribution in [2.75, 3.05) is 0 Å². The van der Waals surface area contributed by atoms with Crippen LogP contribution in [0.25, 0.3) is 0 Å². The van der Waals surface area contributed by atoms with Gasteiger partial charge in [-0.3, -0.25) is 0 Å². The maximum atomic E-state index is 14.0. The van der Waals surface area contributed by atoms with Crippen LogP contribution in [0, 0.1) is 74.6 Å². The predicted molar refractivity (Wildman–Crippen MR) is 110 cm³/mol. The number of benzene rings is 3. The summed E-state index contributed by atoms with van der Waals surface area (Å²) in [6.07, 6.45) is 0. The second-order valence-electron chi connectivity index (χ2n) is 7.11. The molecule has 3 aromatic carbocycles. The van der Waals surface area contributed by atoms with E-state index in [1.54, 1.807) is 12.1 Å². The first-order chi connectivity index (χ1) is 14.2. The molecule has 0 nitrogen and oxygen atoms in total. The lowest BCUT2D eigenvalue weighted by atomic mass is 9.99. The standard InChI is InChI=1S/C26H18F4/c1-15-5-7-19(8-6-15)9-11-21-16(2)13-20(14-17(21)3)10-12-22-25(29)23(27)18(4)24(28)26(22)30/h5-8,13-14H,1-4H3. The van der Waals surface area contributed by atoms with Crippen molar-refractivity contribution >= 4 is 0 Å². The van der Waals surface area contributed by atoms with E-state index in [1.165, 1.54) is 0 Å². The van der Waals surface area contributed by atoms with E-state index in [0.717, 1.165) is 34.7 Å². The van der Waals surface area contributed by atoms with Gasteiger partial charge in [-0.15, -0.1) is 0 Å². The molecule has 3 aromatic rings. The zero-order chi connectivity index (χ0) is 22.0. The third-order valence-corrected chi connectivity index (χ3v) is 4.73. The van der Waals surface area contributed by atoms with Crippen molar-refractivity contribution in [1.82, 2.24) is 0 Å². The molecule has 0 bridgehead atoms. The van der Waals surface area contributed by atoms with Gasteiger partial charge in [-0.25, -0.2) is 17.6 Å². The van der Waals surface area contributed by atoms with Crippen molar-refractivity contribution in [3.05, 3.63) is 104 Å². The maximum absolute atomic E-state index is 14.0. The Balaban J connectivity index is 1.98. The molecule has 0 aliphatic heterocycles. The average Bonchev–Trinajstić information content (AvgIpc) is 2.71. The van der Waals surface area contributed by atoms with Crippen molar-refractivity contribution in [3.63, 3.8) is 0 Å². The molecule has 3 rings (SSSR count). The Morgan fingerprint density at radius 2 is 1.00 bits per heavy atom. The van der Waals surface area contributed by atoms with Crippen molar-refractivity contribution in [1.29, 1.82) is 0 Å². The summed E-state index contributed by atoms with van der Waals surface area (Å²) >= 11 is 0. The number of halogens is 4. The molecule has 0 saturated carbocycles. The Hall–Kier alpha value is -3.50. The molecule has 0 aliphatic rings. The number of hydrogen-bond donors (Lipinski definition) is 0. The van der Waals surface area contributed by atoms with Gasteiger partial charge in [-0.1, -0.05) is 41.4 Å². The second-order valence-corrected chi connectivity index (χ2v) is 7.11. The zero-order valence-corrected chi connectivity index (χ0v) is 17.0. The Labute approximate surface area is 173 Å². The van der Waals surface area contributed by atoms with E-state index in [0.29, 0.717) is 5.56 Å². The van der Waals surface area contributed by atoms with Crippen molar-refractivity contribution < 1.29 is 17.6 Å². The minimum atomic E-state index is -1.49. The minimum absolute atomic E-state index is 0.464. The summed E-state index contributed by atoms with van der Waals surface area (Å²) in [4.78, 5) is 0. The summed E-state index contributed by atoms with van der Waals surface area (Å²) in [6.45, 7) is 6.67. The highest BCUT2D eigenvalue weighted by molar-refractivity contribution is 5.55. The molecule has 0 fully saturated rings. The molecule has 0 radical (unpaired) electrons. The normalized spacial score (nSPS) is 10.1.